The van der Waals surface area contributed by atoms with Crippen LogP contribution in [0.3, 0.4) is 0 Å². The number of halogens is 2. The lowest BCUT2D eigenvalue weighted by atomic mass is 10.4. The minimum Gasteiger partial charge on any atom is -0.207 e. The van der Waals surface area contributed by atoms with Crippen LogP contribution in [0.25, 0.3) is 0 Å². The van der Waals surface area contributed by atoms with E-state index in [0.717, 1.165) is 4.47 Å². The van der Waals surface area contributed by atoms with Crippen molar-refractivity contribution in [2.45, 2.75) is 0 Å². The highest BCUT2D eigenvalue weighted by atomic mass is 79.9. The Hall–Kier alpha value is -0.750. The molecule has 0 unspecified atom stereocenters. The number of benzene rings is 1. The van der Waals surface area contributed by atoms with Gasteiger partial charge in [0, 0.05) is 4.47 Å². The van der Waals surface area contributed by atoms with Crippen LogP contribution < -0.4 is 0 Å². The van der Waals surface area contributed by atoms with Gasteiger partial charge in [-0.3, -0.25) is 0 Å². The van der Waals surface area contributed by atoms with Gasteiger partial charge in [0.25, 0.3) is 0 Å². The van der Waals surface area contributed by atoms with Gasteiger partial charge in [0.05, 0.1) is 0 Å². The van der Waals surface area contributed by atoms with E-state index in [1.165, 1.54) is 12.1 Å². The molecule has 0 saturated heterocycles. The van der Waals surface area contributed by atoms with Crippen molar-refractivity contribution < 1.29 is 17.0 Å². The summed E-state index contributed by atoms with van der Waals surface area (Å²) < 4.78 is 38.3. The molecule has 3 nitrogen and oxygen atoms in total. The van der Waals surface area contributed by atoms with Crippen LogP contribution >= 0.6 is 15.9 Å². The Bertz CT molecular complexity index is 303. The summed E-state index contributed by atoms with van der Waals surface area (Å²) in [5.74, 6) is -0.201. The Kier molecular flexibility index (Phi) is 5.48. The summed E-state index contributed by atoms with van der Waals surface area (Å²) in [5.41, 5.74) is 0. The van der Waals surface area contributed by atoms with E-state index in [-0.39, 0.29) is 5.82 Å². The Morgan fingerprint density at radius 1 is 1.08 bits per heavy atom. The van der Waals surface area contributed by atoms with Gasteiger partial charge >= 0.3 is 10.6 Å². The molecule has 0 spiro atoms. The molecule has 0 N–H and O–H groups in total. The zero-order valence-electron chi connectivity index (χ0n) is 5.70. The smallest absolute Gasteiger partial charge is 0.207 e. The molecule has 0 bridgehead atoms. The molecule has 0 aliphatic rings. The molecule has 0 aliphatic carbocycles. The predicted octanol–water partition coefficient (Wildman–Crippen LogP) is 1.58. The van der Waals surface area contributed by atoms with E-state index in [9.17, 15) is 4.39 Å². The van der Waals surface area contributed by atoms with E-state index in [4.69, 9.17) is 12.6 Å². The normalized spacial score (nSPS) is 8.17. The van der Waals surface area contributed by atoms with Gasteiger partial charge in [-0.25, -0.2) is 4.39 Å². The van der Waals surface area contributed by atoms with Gasteiger partial charge < -0.3 is 0 Å². The van der Waals surface area contributed by atoms with Crippen molar-refractivity contribution in [1.82, 2.24) is 0 Å². The molecule has 66 valence electrons. The van der Waals surface area contributed by atoms with Crippen LogP contribution in [0.2, 0.25) is 0 Å². The van der Waals surface area contributed by atoms with Crippen LogP contribution in [0.4, 0.5) is 4.39 Å². The summed E-state index contributed by atoms with van der Waals surface area (Å²) in [6.45, 7) is 0. The molecule has 0 amide bonds. The Morgan fingerprint density at radius 3 is 1.67 bits per heavy atom. The molecule has 0 fully saturated rings. The Balaban J connectivity index is 0.000000261. The summed E-state index contributed by atoms with van der Waals surface area (Å²) in [7, 11) is -3.11. The number of hydrogen-bond donors (Lipinski definition) is 0. The fourth-order valence-corrected chi connectivity index (χ4v) is 0.694. The quantitative estimate of drug-likeness (QED) is 0.707. The highest BCUT2D eigenvalue weighted by Gasteiger charge is 1.84. The zero-order valence-corrected chi connectivity index (χ0v) is 8.10. The van der Waals surface area contributed by atoms with Gasteiger partial charge in [-0.1, -0.05) is 15.9 Å². The van der Waals surface area contributed by atoms with E-state index < -0.39 is 10.6 Å². The third-order valence-corrected chi connectivity index (χ3v) is 1.33. The predicted molar refractivity (Wildman–Crippen MR) is 43.8 cm³/mol. The first-order valence-corrected chi connectivity index (χ1v) is 4.49. The molecule has 1 aromatic carbocycles. The van der Waals surface area contributed by atoms with Crippen molar-refractivity contribution in [2.24, 2.45) is 0 Å². The third-order valence-electron chi connectivity index (χ3n) is 0.804. The van der Waals surface area contributed by atoms with Crippen LogP contribution in [0.5, 0.6) is 0 Å². The van der Waals surface area contributed by atoms with Gasteiger partial charge in [-0.15, -0.1) is 12.6 Å². The van der Waals surface area contributed by atoms with E-state index in [2.05, 4.69) is 15.9 Å². The topological polar surface area (TPSA) is 51.2 Å². The van der Waals surface area contributed by atoms with Gasteiger partial charge in [-0.2, -0.15) is 0 Å². The van der Waals surface area contributed by atoms with Crippen molar-refractivity contribution in [3.8, 4) is 0 Å². The summed E-state index contributed by atoms with van der Waals surface area (Å²) in [6.07, 6.45) is 0. The maximum absolute atomic E-state index is 12.1. The highest BCUT2D eigenvalue weighted by molar-refractivity contribution is 9.10. The maximum Gasteiger partial charge on any atom is 0.425 e. The van der Waals surface area contributed by atoms with E-state index in [1.54, 1.807) is 12.1 Å². The molecule has 0 atom stereocenters. The van der Waals surface area contributed by atoms with Gasteiger partial charge in [0.1, 0.15) is 5.82 Å². The zero-order chi connectivity index (χ0) is 9.56. The lowest BCUT2D eigenvalue weighted by molar-refractivity contribution is 0.559. The Labute approximate surface area is 78.4 Å². The second kappa shape index (κ2) is 5.84. The van der Waals surface area contributed by atoms with E-state index in [1.807, 2.05) is 0 Å². The fraction of sp³-hybridized carbons (Fsp3) is 0. The monoisotopic (exact) mass is 254 g/mol. The van der Waals surface area contributed by atoms with Crippen LogP contribution in [-0.4, -0.2) is 12.6 Å². The van der Waals surface area contributed by atoms with Crippen molar-refractivity contribution in [3.05, 3.63) is 34.6 Å². The van der Waals surface area contributed by atoms with E-state index >= 15 is 0 Å². The van der Waals surface area contributed by atoms with E-state index in [0.29, 0.717) is 0 Å². The lowest BCUT2D eigenvalue weighted by Crippen LogP contribution is -1.67. The molecule has 12 heavy (non-hydrogen) atoms. The minimum atomic E-state index is -3.11. The van der Waals surface area contributed by atoms with Gasteiger partial charge in [-0.05, 0) is 24.3 Å². The Morgan fingerprint density at radius 2 is 1.42 bits per heavy atom. The second-order valence-electron chi connectivity index (χ2n) is 1.64. The molecule has 0 aromatic heterocycles. The number of rotatable bonds is 0. The van der Waals surface area contributed by atoms with Crippen molar-refractivity contribution in [1.29, 1.82) is 0 Å². The molecule has 0 heterocycles. The SMILES string of the molecule is Fc1ccc(Br)cc1.O=S(=O)=O. The molecule has 0 saturated carbocycles. The minimum absolute atomic E-state index is 0.201. The van der Waals surface area contributed by atoms with Gasteiger partial charge in [0.15, 0.2) is 0 Å². The molecule has 6 heteroatoms. The van der Waals surface area contributed by atoms with Crippen molar-refractivity contribution in [3.63, 3.8) is 0 Å². The first-order chi connectivity index (χ1) is 5.52. The molecular formula is C6H4BrFO3S. The molecule has 0 radical (unpaired) electrons. The summed E-state index contributed by atoms with van der Waals surface area (Å²) in [4.78, 5) is 0. The van der Waals surface area contributed by atoms with Crippen LogP contribution in [0.15, 0.2) is 28.7 Å². The van der Waals surface area contributed by atoms with Crippen LogP contribution in [0, 0.1) is 5.82 Å². The first-order valence-electron chi connectivity index (χ1n) is 2.70. The summed E-state index contributed by atoms with van der Waals surface area (Å²) in [6, 6.07) is 6.14. The van der Waals surface area contributed by atoms with Crippen LogP contribution in [-0.2, 0) is 10.6 Å². The van der Waals surface area contributed by atoms with Crippen molar-refractivity contribution in [2.75, 3.05) is 0 Å². The standard InChI is InChI=1S/C6H4BrF.O3S/c7-5-1-3-6(8)4-2-5;1-4(2)3/h1-4H;. The first kappa shape index (κ1) is 11.2. The second-order valence-corrected chi connectivity index (χ2v) is 2.96. The maximum atomic E-state index is 12.1. The summed E-state index contributed by atoms with van der Waals surface area (Å²) >= 11 is 3.18. The van der Waals surface area contributed by atoms with Gasteiger partial charge in [0.2, 0.25) is 0 Å². The summed E-state index contributed by atoms with van der Waals surface area (Å²) in [5, 5.41) is 0. The highest BCUT2D eigenvalue weighted by Crippen LogP contribution is 2.08. The fourth-order valence-electron chi connectivity index (χ4n) is 0.430. The molecular weight excluding hydrogens is 251 g/mol. The lowest BCUT2D eigenvalue weighted by Gasteiger charge is -1.85. The molecule has 1 rings (SSSR count). The average molecular weight is 255 g/mol. The molecule has 1 aromatic rings. The largest absolute Gasteiger partial charge is 0.425 e. The van der Waals surface area contributed by atoms with Crippen molar-refractivity contribution >= 4 is 26.5 Å². The molecule has 0 aliphatic heterocycles. The van der Waals surface area contributed by atoms with Crippen LogP contribution in [0.1, 0.15) is 0 Å². The average Bonchev–Trinajstić information content (AvgIpc) is 1.94. The third kappa shape index (κ3) is 7.36. The number of hydrogen-bond acceptors (Lipinski definition) is 3.